The molecule has 3 amide bonds. The first kappa shape index (κ1) is 30.1. The predicted molar refractivity (Wildman–Crippen MR) is 147 cm³/mol. The molecule has 1 aromatic heterocycles. The van der Waals surface area contributed by atoms with Gasteiger partial charge in [0, 0.05) is 59.0 Å². The molecule has 0 unspecified atom stereocenters. The SMILES string of the molecule is COCCn1ccnc1CN1CCCNC(=O)[C@H](C)N(C)C(=O)[C@H](Cc2ccc(OC)cc2)NC(=O)CCC1. The molecule has 0 radical (unpaired) electrons. The highest BCUT2D eigenvalue weighted by molar-refractivity contribution is 5.92. The average molecular weight is 543 g/mol. The van der Waals surface area contributed by atoms with Crippen LogP contribution in [0.1, 0.15) is 37.6 Å². The summed E-state index contributed by atoms with van der Waals surface area (Å²) in [6.45, 7) is 5.56. The number of benzene rings is 1. The lowest BCUT2D eigenvalue weighted by molar-refractivity contribution is -0.141. The first-order valence-corrected chi connectivity index (χ1v) is 13.5. The third-order valence-electron chi connectivity index (χ3n) is 7.07. The first-order chi connectivity index (χ1) is 18.8. The number of nitrogens with zero attached hydrogens (tertiary/aromatic N) is 4. The Kier molecular flexibility index (Phi) is 11.8. The van der Waals surface area contributed by atoms with Crippen LogP contribution in [-0.4, -0.2) is 96.7 Å². The van der Waals surface area contributed by atoms with Crippen LogP contribution >= 0.6 is 0 Å². The quantitative estimate of drug-likeness (QED) is 0.515. The van der Waals surface area contributed by atoms with Gasteiger partial charge in [-0.2, -0.15) is 0 Å². The molecule has 11 nitrogen and oxygen atoms in total. The zero-order chi connectivity index (χ0) is 28.2. The van der Waals surface area contributed by atoms with E-state index in [2.05, 4.69) is 25.1 Å². The van der Waals surface area contributed by atoms with E-state index in [-0.39, 0.29) is 24.1 Å². The molecule has 214 valence electrons. The van der Waals surface area contributed by atoms with Crippen LogP contribution in [0, 0.1) is 0 Å². The molecule has 1 aliphatic heterocycles. The molecule has 3 rings (SSSR count). The van der Waals surface area contributed by atoms with Crippen LogP contribution in [0.15, 0.2) is 36.7 Å². The number of carbonyl (C=O) groups excluding carboxylic acids is 3. The Morgan fingerprint density at radius 2 is 1.82 bits per heavy atom. The van der Waals surface area contributed by atoms with Gasteiger partial charge < -0.3 is 29.6 Å². The average Bonchev–Trinajstić information content (AvgIpc) is 3.38. The zero-order valence-corrected chi connectivity index (χ0v) is 23.5. The summed E-state index contributed by atoms with van der Waals surface area (Å²) in [6, 6.07) is 5.92. The molecule has 0 bridgehead atoms. The van der Waals surface area contributed by atoms with E-state index in [1.807, 2.05) is 30.5 Å². The number of hydrogen-bond donors (Lipinski definition) is 2. The summed E-state index contributed by atoms with van der Waals surface area (Å²) in [4.78, 5) is 47.4. The standard InChI is InChI=1S/C28H42N6O5/c1-21-27(36)30-12-6-15-33(20-25-29-13-16-34(25)17-18-38-3)14-5-7-26(35)31-24(28(37)32(21)2)19-22-8-10-23(39-4)11-9-22/h8-11,13,16,21,24H,5-7,12,14-15,17-20H2,1-4H3,(H,30,36)(H,31,35)/t21-,24-/m0/s1. The van der Waals surface area contributed by atoms with Crippen LogP contribution in [0.4, 0.5) is 0 Å². The van der Waals surface area contributed by atoms with Crippen LogP contribution < -0.4 is 15.4 Å². The van der Waals surface area contributed by atoms with Crippen LogP contribution in [0.3, 0.4) is 0 Å². The Balaban J connectivity index is 1.73. The van der Waals surface area contributed by atoms with E-state index >= 15 is 0 Å². The Labute approximate surface area is 230 Å². The van der Waals surface area contributed by atoms with Gasteiger partial charge in [0.25, 0.3) is 0 Å². The highest BCUT2D eigenvalue weighted by Crippen LogP contribution is 2.15. The number of methoxy groups -OCH3 is 2. The molecular weight excluding hydrogens is 500 g/mol. The van der Waals surface area contributed by atoms with Crippen molar-refractivity contribution >= 4 is 17.7 Å². The minimum absolute atomic E-state index is 0.191. The normalized spacial score (nSPS) is 20.6. The fourth-order valence-electron chi connectivity index (χ4n) is 4.56. The summed E-state index contributed by atoms with van der Waals surface area (Å²) < 4.78 is 12.5. The van der Waals surface area contributed by atoms with Crippen molar-refractivity contribution in [1.29, 1.82) is 0 Å². The van der Waals surface area contributed by atoms with Gasteiger partial charge in [0.15, 0.2) is 0 Å². The van der Waals surface area contributed by atoms with Crippen molar-refractivity contribution in [2.45, 2.75) is 57.8 Å². The Morgan fingerprint density at radius 3 is 2.54 bits per heavy atom. The van der Waals surface area contributed by atoms with Crippen molar-refractivity contribution in [3.63, 3.8) is 0 Å². The maximum absolute atomic E-state index is 13.4. The van der Waals surface area contributed by atoms with Crippen LogP contribution in [0.25, 0.3) is 0 Å². The summed E-state index contributed by atoms with van der Waals surface area (Å²) >= 11 is 0. The zero-order valence-electron chi connectivity index (χ0n) is 23.5. The van der Waals surface area contributed by atoms with Gasteiger partial charge in [0.05, 0.1) is 20.3 Å². The molecule has 1 aromatic carbocycles. The molecule has 39 heavy (non-hydrogen) atoms. The minimum Gasteiger partial charge on any atom is -0.497 e. The predicted octanol–water partition coefficient (Wildman–Crippen LogP) is 1.21. The van der Waals surface area contributed by atoms with Crippen LogP contribution in [-0.2, 0) is 38.6 Å². The first-order valence-electron chi connectivity index (χ1n) is 13.5. The molecule has 1 aliphatic rings. The second-order valence-corrected chi connectivity index (χ2v) is 9.85. The second-order valence-electron chi connectivity index (χ2n) is 9.85. The van der Waals surface area contributed by atoms with Gasteiger partial charge in [-0.3, -0.25) is 19.3 Å². The fraction of sp³-hybridized carbons (Fsp3) is 0.571. The number of hydrogen-bond acceptors (Lipinski definition) is 7. The van der Waals surface area contributed by atoms with E-state index in [1.54, 1.807) is 34.4 Å². The van der Waals surface area contributed by atoms with Gasteiger partial charge in [-0.15, -0.1) is 0 Å². The smallest absolute Gasteiger partial charge is 0.245 e. The largest absolute Gasteiger partial charge is 0.497 e. The van der Waals surface area contributed by atoms with E-state index in [1.165, 1.54) is 4.90 Å². The molecule has 0 saturated carbocycles. The van der Waals surface area contributed by atoms with E-state index in [0.29, 0.717) is 51.4 Å². The van der Waals surface area contributed by atoms with E-state index in [0.717, 1.165) is 24.4 Å². The van der Waals surface area contributed by atoms with Crippen molar-refractivity contribution in [2.75, 3.05) is 47.5 Å². The van der Waals surface area contributed by atoms with Crippen molar-refractivity contribution in [3.05, 3.63) is 48.0 Å². The van der Waals surface area contributed by atoms with Gasteiger partial charge in [-0.1, -0.05) is 12.1 Å². The molecule has 2 aromatic rings. The lowest BCUT2D eigenvalue weighted by atomic mass is 10.0. The summed E-state index contributed by atoms with van der Waals surface area (Å²) in [7, 11) is 4.87. The third-order valence-corrected chi connectivity index (χ3v) is 7.07. The van der Waals surface area contributed by atoms with Crippen molar-refractivity contribution in [3.8, 4) is 5.75 Å². The number of amides is 3. The number of likely N-dealkylation sites (N-methyl/N-ethyl adjacent to an activating group) is 1. The maximum atomic E-state index is 13.4. The number of ether oxygens (including phenoxy) is 2. The van der Waals surface area contributed by atoms with Crippen LogP contribution in [0.2, 0.25) is 0 Å². The molecule has 1 saturated heterocycles. The molecule has 0 aliphatic carbocycles. The molecule has 11 heteroatoms. The molecular formula is C28H42N6O5. The summed E-state index contributed by atoms with van der Waals surface area (Å²) in [5.41, 5.74) is 0.882. The second kappa shape index (κ2) is 15.2. The summed E-state index contributed by atoms with van der Waals surface area (Å²) in [5, 5.41) is 5.89. The summed E-state index contributed by atoms with van der Waals surface area (Å²) in [6.07, 6.45) is 5.69. The number of aromatic nitrogens is 2. The number of nitrogens with one attached hydrogen (secondary N) is 2. The lowest BCUT2D eigenvalue weighted by Gasteiger charge is -2.29. The van der Waals surface area contributed by atoms with E-state index in [4.69, 9.17) is 9.47 Å². The lowest BCUT2D eigenvalue weighted by Crippen LogP contribution is -2.54. The molecule has 2 atom stereocenters. The van der Waals surface area contributed by atoms with Gasteiger partial charge >= 0.3 is 0 Å². The Morgan fingerprint density at radius 1 is 1.08 bits per heavy atom. The van der Waals surface area contributed by atoms with Gasteiger partial charge in [0.2, 0.25) is 17.7 Å². The number of carbonyl (C=O) groups is 3. The van der Waals surface area contributed by atoms with Gasteiger partial charge in [-0.05, 0) is 44.0 Å². The van der Waals surface area contributed by atoms with Crippen molar-refractivity contribution in [1.82, 2.24) is 30.0 Å². The van der Waals surface area contributed by atoms with Crippen LogP contribution in [0.5, 0.6) is 5.75 Å². The van der Waals surface area contributed by atoms with Gasteiger partial charge in [-0.25, -0.2) is 4.98 Å². The Bertz CT molecular complexity index is 1070. The van der Waals surface area contributed by atoms with Crippen molar-refractivity contribution in [2.24, 2.45) is 0 Å². The highest BCUT2D eigenvalue weighted by atomic mass is 16.5. The van der Waals surface area contributed by atoms with Gasteiger partial charge in [0.1, 0.15) is 23.7 Å². The highest BCUT2D eigenvalue weighted by Gasteiger charge is 2.30. The topological polar surface area (TPSA) is 118 Å². The molecule has 2 heterocycles. The fourth-order valence-corrected chi connectivity index (χ4v) is 4.56. The molecule has 2 N–H and O–H groups in total. The maximum Gasteiger partial charge on any atom is 0.245 e. The number of imidazole rings is 1. The van der Waals surface area contributed by atoms with E-state index < -0.39 is 12.1 Å². The summed E-state index contributed by atoms with van der Waals surface area (Å²) in [5.74, 6) is 0.921. The monoisotopic (exact) mass is 542 g/mol. The Hall–Kier alpha value is -3.44. The van der Waals surface area contributed by atoms with Crippen molar-refractivity contribution < 1.29 is 23.9 Å². The molecule has 1 fully saturated rings. The third kappa shape index (κ3) is 9.07. The van der Waals surface area contributed by atoms with E-state index in [9.17, 15) is 14.4 Å². The minimum atomic E-state index is -0.791. The number of rotatable bonds is 8. The molecule has 0 spiro atoms.